The summed E-state index contributed by atoms with van der Waals surface area (Å²) in [6.07, 6.45) is 0.428. The van der Waals surface area contributed by atoms with E-state index in [0.717, 1.165) is 3.57 Å². The van der Waals surface area contributed by atoms with Crippen LogP contribution >= 0.6 is 22.6 Å². The number of rotatable bonds is 4. The molecule has 0 atom stereocenters. The molecule has 2 nitrogen and oxygen atoms in total. The number of nitrogens with two attached hydrogens (primary N) is 1. The van der Waals surface area contributed by atoms with Crippen LogP contribution in [0.3, 0.4) is 0 Å². The van der Waals surface area contributed by atoms with E-state index in [-0.39, 0.29) is 5.75 Å². The summed E-state index contributed by atoms with van der Waals surface area (Å²) in [6, 6.07) is 9.47. The van der Waals surface area contributed by atoms with Crippen molar-refractivity contribution >= 4 is 22.6 Å². The third-order valence-corrected chi connectivity index (χ3v) is 3.18. The summed E-state index contributed by atoms with van der Waals surface area (Å²) in [6.45, 7) is 0.343. The van der Waals surface area contributed by atoms with Crippen molar-refractivity contribution in [2.45, 2.75) is 6.42 Å². The van der Waals surface area contributed by atoms with Crippen molar-refractivity contribution in [3.05, 3.63) is 57.2 Å². The van der Waals surface area contributed by atoms with Gasteiger partial charge in [0.15, 0.2) is 17.4 Å². The molecular weight excluding hydrogens is 363 g/mol. The second-order valence-corrected chi connectivity index (χ2v) is 5.23. The number of halogens is 3. The maximum absolute atomic E-state index is 13.8. The maximum atomic E-state index is 13.8. The fourth-order valence-electron chi connectivity index (χ4n) is 1.67. The van der Waals surface area contributed by atoms with Crippen molar-refractivity contribution in [2.24, 2.45) is 5.73 Å². The highest BCUT2D eigenvalue weighted by Crippen LogP contribution is 2.29. The average molecular weight is 375 g/mol. The van der Waals surface area contributed by atoms with Gasteiger partial charge in [-0.3, -0.25) is 0 Å². The fraction of sp³-hybridized carbons (Fsp3) is 0.143. The minimum atomic E-state index is -0.720. The molecule has 0 aliphatic heterocycles. The monoisotopic (exact) mass is 375 g/mol. The molecule has 0 saturated heterocycles. The standard InChI is InChI=1S/C14H12F2INO/c15-12-6-9(4-5-18)7-13(16)14(12)19-11-3-1-2-10(17)8-11/h1-3,6-8H,4-5,18H2. The third kappa shape index (κ3) is 3.63. The van der Waals surface area contributed by atoms with Gasteiger partial charge in [0.05, 0.1) is 0 Å². The smallest absolute Gasteiger partial charge is 0.198 e. The molecule has 100 valence electrons. The SMILES string of the molecule is NCCc1cc(F)c(Oc2cccc(I)c2)c(F)c1. The molecule has 0 amide bonds. The van der Waals surface area contributed by atoms with E-state index in [1.807, 2.05) is 6.07 Å². The normalized spacial score (nSPS) is 10.5. The molecule has 2 rings (SSSR count). The molecule has 0 aromatic heterocycles. The zero-order valence-corrected chi connectivity index (χ0v) is 12.2. The van der Waals surface area contributed by atoms with Crippen LogP contribution in [0.2, 0.25) is 0 Å². The summed E-state index contributed by atoms with van der Waals surface area (Å²) in [5.74, 6) is -1.43. The Labute approximate surface area is 123 Å². The van der Waals surface area contributed by atoms with Gasteiger partial charge in [0.1, 0.15) is 5.75 Å². The summed E-state index contributed by atoms with van der Waals surface area (Å²) in [5.41, 5.74) is 5.88. The Balaban J connectivity index is 2.30. The quantitative estimate of drug-likeness (QED) is 0.824. The van der Waals surface area contributed by atoms with E-state index in [4.69, 9.17) is 10.5 Å². The molecule has 0 aliphatic rings. The Kier molecular flexibility index (Phi) is 4.71. The van der Waals surface area contributed by atoms with E-state index >= 15 is 0 Å². The van der Waals surface area contributed by atoms with Crippen LogP contribution < -0.4 is 10.5 Å². The fourth-order valence-corrected chi connectivity index (χ4v) is 2.18. The summed E-state index contributed by atoms with van der Waals surface area (Å²) in [7, 11) is 0. The van der Waals surface area contributed by atoms with Gasteiger partial charge >= 0.3 is 0 Å². The second-order valence-electron chi connectivity index (χ2n) is 3.99. The molecule has 0 heterocycles. The van der Waals surface area contributed by atoms with Crippen molar-refractivity contribution < 1.29 is 13.5 Å². The molecule has 0 spiro atoms. The Hall–Kier alpha value is -1.21. The molecular formula is C14H12F2INO. The van der Waals surface area contributed by atoms with Crippen LogP contribution in [-0.2, 0) is 6.42 Å². The topological polar surface area (TPSA) is 35.2 Å². The lowest BCUT2D eigenvalue weighted by molar-refractivity contribution is 0.406. The number of benzene rings is 2. The Bertz CT molecular complexity index is 566. The van der Waals surface area contributed by atoms with Gasteiger partial charge in [0.2, 0.25) is 0 Å². The molecule has 2 N–H and O–H groups in total. The lowest BCUT2D eigenvalue weighted by Gasteiger charge is -2.10. The van der Waals surface area contributed by atoms with Gasteiger partial charge in [-0.2, -0.15) is 0 Å². The van der Waals surface area contributed by atoms with Gasteiger partial charge in [-0.25, -0.2) is 8.78 Å². The highest BCUT2D eigenvalue weighted by molar-refractivity contribution is 14.1. The van der Waals surface area contributed by atoms with Crippen LogP contribution in [0.5, 0.6) is 11.5 Å². The summed E-state index contributed by atoms with van der Waals surface area (Å²) in [5, 5.41) is 0. The van der Waals surface area contributed by atoms with Crippen molar-refractivity contribution in [2.75, 3.05) is 6.54 Å². The average Bonchev–Trinajstić information content (AvgIpc) is 2.34. The van der Waals surface area contributed by atoms with Gasteiger partial charge in [-0.1, -0.05) is 6.07 Å². The van der Waals surface area contributed by atoms with Crippen molar-refractivity contribution in [3.8, 4) is 11.5 Å². The van der Waals surface area contributed by atoms with Crippen LogP contribution in [0.25, 0.3) is 0 Å². The van der Waals surface area contributed by atoms with Crippen LogP contribution in [0.1, 0.15) is 5.56 Å². The largest absolute Gasteiger partial charge is 0.451 e. The Morgan fingerprint density at radius 1 is 1.11 bits per heavy atom. The van der Waals surface area contributed by atoms with Crippen LogP contribution in [0.4, 0.5) is 8.78 Å². The van der Waals surface area contributed by atoms with E-state index in [1.165, 1.54) is 12.1 Å². The van der Waals surface area contributed by atoms with Crippen molar-refractivity contribution in [1.82, 2.24) is 0 Å². The molecule has 0 fully saturated rings. The van der Waals surface area contributed by atoms with Gasteiger partial charge in [-0.15, -0.1) is 0 Å². The van der Waals surface area contributed by atoms with Crippen LogP contribution in [0.15, 0.2) is 36.4 Å². The zero-order valence-electron chi connectivity index (χ0n) is 10.00. The number of hydrogen-bond acceptors (Lipinski definition) is 2. The first-order valence-corrected chi connectivity index (χ1v) is 6.79. The first-order chi connectivity index (χ1) is 9.10. The molecule has 0 aliphatic carbocycles. The first kappa shape index (κ1) is 14.2. The van der Waals surface area contributed by atoms with Crippen molar-refractivity contribution in [3.63, 3.8) is 0 Å². The Morgan fingerprint density at radius 3 is 2.37 bits per heavy atom. The van der Waals surface area contributed by atoms with E-state index < -0.39 is 11.6 Å². The lowest BCUT2D eigenvalue weighted by Crippen LogP contribution is -2.04. The first-order valence-electron chi connectivity index (χ1n) is 5.71. The molecule has 19 heavy (non-hydrogen) atoms. The molecule has 0 bridgehead atoms. The highest BCUT2D eigenvalue weighted by Gasteiger charge is 2.13. The highest BCUT2D eigenvalue weighted by atomic mass is 127. The van der Waals surface area contributed by atoms with E-state index in [2.05, 4.69) is 22.6 Å². The number of ether oxygens (including phenoxy) is 1. The zero-order chi connectivity index (χ0) is 13.8. The number of hydrogen-bond donors (Lipinski definition) is 1. The molecule has 5 heteroatoms. The van der Waals surface area contributed by atoms with E-state index in [1.54, 1.807) is 18.2 Å². The minimum absolute atomic E-state index is 0.343. The molecule has 0 saturated carbocycles. The molecule has 2 aromatic rings. The van der Waals surface area contributed by atoms with Crippen LogP contribution in [0, 0.1) is 15.2 Å². The predicted molar refractivity (Wildman–Crippen MR) is 78.3 cm³/mol. The van der Waals surface area contributed by atoms with Gasteiger partial charge in [0.25, 0.3) is 0 Å². The van der Waals surface area contributed by atoms with Gasteiger partial charge in [0, 0.05) is 3.57 Å². The van der Waals surface area contributed by atoms with Crippen molar-refractivity contribution in [1.29, 1.82) is 0 Å². The summed E-state index contributed by atoms with van der Waals surface area (Å²) in [4.78, 5) is 0. The second kappa shape index (κ2) is 6.29. The predicted octanol–water partition coefficient (Wildman–Crippen LogP) is 3.86. The summed E-state index contributed by atoms with van der Waals surface area (Å²) >= 11 is 2.10. The molecule has 2 aromatic carbocycles. The maximum Gasteiger partial charge on any atom is 0.198 e. The lowest BCUT2D eigenvalue weighted by atomic mass is 10.1. The molecule has 0 unspecified atom stereocenters. The van der Waals surface area contributed by atoms with Gasteiger partial charge in [-0.05, 0) is 71.5 Å². The van der Waals surface area contributed by atoms with Crippen LogP contribution in [-0.4, -0.2) is 6.54 Å². The molecule has 0 radical (unpaired) electrons. The van der Waals surface area contributed by atoms with E-state index in [0.29, 0.717) is 24.3 Å². The Morgan fingerprint density at radius 2 is 1.79 bits per heavy atom. The summed E-state index contributed by atoms with van der Waals surface area (Å²) < 4.78 is 33.8. The minimum Gasteiger partial charge on any atom is -0.451 e. The van der Waals surface area contributed by atoms with Gasteiger partial charge < -0.3 is 10.5 Å². The van der Waals surface area contributed by atoms with E-state index in [9.17, 15) is 8.78 Å². The third-order valence-electron chi connectivity index (χ3n) is 2.51.